The van der Waals surface area contributed by atoms with Gasteiger partial charge >= 0.3 is 0 Å². The molecule has 0 heterocycles. The van der Waals surface area contributed by atoms with E-state index in [-0.39, 0.29) is 5.91 Å². The zero-order valence-electron chi connectivity index (χ0n) is 12.1. The molecular formula is C17H25NOS. The summed E-state index contributed by atoms with van der Waals surface area (Å²) in [6.45, 7) is 0. The quantitative estimate of drug-likeness (QED) is 0.883. The van der Waals surface area contributed by atoms with Crippen molar-refractivity contribution in [2.24, 2.45) is 0 Å². The molecule has 110 valence electrons. The van der Waals surface area contributed by atoms with E-state index in [1.165, 1.54) is 37.7 Å². The summed E-state index contributed by atoms with van der Waals surface area (Å²) in [5, 5.41) is 3.21. The highest BCUT2D eigenvalue weighted by Gasteiger charge is 2.13. The van der Waals surface area contributed by atoms with Gasteiger partial charge in [-0.15, -0.1) is 11.8 Å². The summed E-state index contributed by atoms with van der Waals surface area (Å²) >= 11 is 1.70. The van der Waals surface area contributed by atoms with Crippen molar-refractivity contribution in [3.8, 4) is 0 Å². The second-order valence-corrected chi connectivity index (χ2v) is 6.57. The van der Waals surface area contributed by atoms with Gasteiger partial charge < -0.3 is 5.32 Å². The smallest absolute Gasteiger partial charge is 0.230 e. The molecule has 0 aliphatic heterocycles. The molecule has 0 unspecified atom stereocenters. The molecule has 0 atom stereocenters. The van der Waals surface area contributed by atoms with Gasteiger partial charge in [-0.1, -0.05) is 62.4 Å². The Balaban J connectivity index is 1.64. The maximum atomic E-state index is 12.0. The van der Waals surface area contributed by atoms with Crippen LogP contribution in [0, 0.1) is 0 Å². The molecular weight excluding hydrogens is 266 g/mol. The first-order valence-corrected chi connectivity index (χ1v) is 8.91. The fourth-order valence-electron chi connectivity index (χ4n) is 2.71. The molecule has 1 N–H and O–H groups in total. The minimum Gasteiger partial charge on any atom is -0.353 e. The number of carbonyl (C=O) groups is 1. The lowest BCUT2D eigenvalue weighted by Gasteiger charge is -2.20. The van der Waals surface area contributed by atoms with Crippen LogP contribution in [-0.4, -0.2) is 17.7 Å². The van der Waals surface area contributed by atoms with E-state index in [2.05, 4.69) is 17.4 Å². The van der Waals surface area contributed by atoms with Crippen LogP contribution in [0.4, 0.5) is 0 Å². The number of benzene rings is 1. The van der Waals surface area contributed by atoms with Crippen LogP contribution < -0.4 is 5.32 Å². The number of carbonyl (C=O) groups excluding carboxylic acids is 1. The Morgan fingerprint density at radius 3 is 2.40 bits per heavy atom. The average molecular weight is 291 g/mol. The Hall–Kier alpha value is -0.960. The summed E-state index contributed by atoms with van der Waals surface area (Å²) < 4.78 is 0. The number of nitrogens with one attached hydrogen (secondary N) is 1. The first-order valence-electron chi connectivity index (χ1n) is 7.75. The van der Waals surface area contributed by atoms with Crippen molar-refractivity contribution in [1.82, 2.24) is 5.32 Å². The molecule has 1 aliphatic carbocycles. The van der Waals surface area contributed by atoms with Crippen LogP contribution in [0.25, 0.3) is 0 Å². The maximum Gasteiger partial charge on any atom is 0.230 e. The number of hydrogen-bond donors (Lipinski definition) is 1. The van der Waals surface area contributed by atoms with Crippen LogP contribution in [0.2, 0.25) is 0 Å². The lowest BCUT2D eigenvalue weighted by molar-refractivity contribution is -0.119. The van der Waals surface area contributed by atoms with Crippen molar-refractivity contribution in [3.63, 3.8) is 0 Å². The summed E-state index contributed by atoms with van der Waals surface area (Å²) in [5.74, 6) is 1.70. The van der Waals surface area contributed by atoms with Crippen LogP contribution in [0.5, 0.6) is 0 Å². The number of rotatable bonds is 5. The molecule has 1 saturated carbocycles. The third kappa shape index (κ3) is 6.00. The highest BCUT2D eigenvalue weighted by molar-refractivity contribution is 7.99. The maximum absolute atomic E-state index is 12.0. The predicted molar refractivity (Wildman–Crippen MR) is 86.9 cm³/mol. The first-order chi connectivity index (χ1) is 9.84. The van der Waals surface area contributed by atoms with Gasteiger partial charge in [-0.3, -0.25) is 4.79 Å². The number of hydrogen-bond acceptors (Lipinski definition) is 2. The topological polar surface area (TPSA) is 29.1 Å². The third-order valence-electron chi connectivity index (χ3n) is 3.81. The Morgan fingerprint density at radius 2 is 1.70 bits per heavy atom. The number of thioether (sulfide) groups is 1. The number of amides is 1. The van der Waals surface area contributed by atoms with E-state index in [1.54, 1.807) is 11.8 Å². The summed E-state index contributed by atoms with van der Waals surface area (Å²) in [7, 11) is 0. The van der Waals surface area contributed by atoms with E-state index in [0.717, 1.165) is 18.6 Å². The van der Waals surface area contributed by atoms with Crippen LogP contribution in [0.1, 0.15) is 50.5 Å². The van der Waals surface area contributed by atoms with Gasteiger partial charge in [0.15, 0.2) is 0 Å². The Morgan fingerprint density at radius 1 is 1.05 bits per heavy atom. The molecule has 0 aromatic heterocycles. The van der Waals surface area contributed by atoms with Gasteiger partial charge in [-0.2, -0.15) is 0 Å². The normalized spacial score (nSPS) is 17.2. The Labute approximate surface area is 126 Å². The van der Waals surface area contributed by atoms with Crippen LogP contribution in [0.3, 0.4) is 0 Å². The fourth-order valence-corrected chi connectivity index (χ4v) is 3.50. The van der Waals surface area contributed by atoms with E-state index in [9.17, 15) is 4.79 Å². The van der Waals surface area contributed by atoms with E-state index in [0.29, 0.717) is 11.8 Å². The molecule has 0 bridgehead atoms. The second kappa shape index (κ2) is 9.06. The zero-order valence-corrected chi connectivity index (χ0v) is 13.0. The molecule has 0 saturated heterocycles. The van der Waals surface area contributed by atoms with Crippen LogP contribution in [-0.2, 0) is 10.5 Å². The lowest BCUT2D eigenvalue weighted by Crippen LogP contribution is -2.36. The Bertz CT molecular complexity index is 385. The monoisotopic (exact) mass is 291 g/mol. The van der Waals surface area contributed by atoms with E-state index >= 15 is 0 Å². The van der Waals surface area contributed by atoms with Crippen molar-refractivity contribution in [2.75, 3.05) is 5.75 Å². The fraction of sp³-hybridized carbons (Fsp3) is 0.588. The molecule has 0 spiro atoms. The first kappa shape index (κ1) is 15.4. The molecule has 20 heavy (non-hydrogen) atoms. The molecule has 1 fully saturated rings. The van der Waals surface area contributed by atoms with Gasteiger partial charge in [-0.25, -0.2) is 0 Å². The largest absolute Gasteiger partial charge is 0.353 e. The van der Waals surface area contributed by atoms with Crippen molar-refractivity contribution >= 4 is 17.7 Å². The van der Waals surface area contributed by atoms with E-state index < -0.39 is 0 Å². The highest BCUT2D eigenvalue weighted by atomic mass is 32.2. The molecule has 1 amide bonds. The van der Waals surface area contributed by atoms with Gasteiger partial charge in [0.1, 0.15) is 0 Å². The SMILES string of the molecule is O=C(CSCc1ccccc1)NC1CCCCCCC1. The Kier molecular flexibility index (Phi) is 6.99. The molecule has 0 radical (unpaired) electrons. The molecule has 2 rings (SSSR count). The van der Waals surface area contributed by atoms with Gasteiger partial charge in [0.25, 0.3) is 0 Å². The van der Waals surface area contributed by atoms with Crippen LogP contribution in [0.15, 0.2) is 30.3 Å². The summed E-state index contributed by atoms with van der Waals surface area (Å²) in [6, 6.07) is 10.8. The van der Waals surface area contributed by atoms with Crippen LogP contribution >= 0.6 is 11.8 Å². The highest BCUT2D eigenvalue weighted by Crippen LogP contribution is 2.17. The van der Waals surface area contributed by atoms with Gasteiger partial charge in [0.05, 0.1) is 5.75 Å². The summed E-state index contributed by atoms with van der Waals surface area (Å²) in [6.07, 6.45) is 8.88. The van der Waals surface area contributed by atoms with E-state index in [1.807, 2.05) is 18.2 Å². The minimum absolute atomic E-state index is 0.205. The summed E-state index contributed by atoms with van der Waals surface area (Å²) in [5.41, 5.74) is 1.29. The molecule has 1 aromatic carbocycles. The van der Waals surface area contributed by atoms with Crippen molar-refractivity contribution in [3.05, 3.63) is 35.9 Å². The lowest BCUT2D eigenvalue weighted by atomic mass is 9.97. The third-order valence-corrected chi connectivity index (χ3v) is 4.82. The van der Waals surface area contributed by atoms with Crippen molar-refractivity contribution in [1.29, 1.82) is 0 Å². The second-order valence-electron chi connectivity index (χ2n) is 5.59. The van der Waals surface area contributed by atoms with Crippen molar-refractivity contribution in [2.45, 2.75) is 56.7 Å². The minimum atomic E-state index is 0.205. The zero-order chi connectivity index (χ0) is 14.0. The average Bonchev–Trinajstić information content (AvgIpc) is 2.43. The van der Waals surface area contributed by atoms with Crippen molar-refractivity contribution < 1.29 is 4.79 Å². The predicted octanol–water partition coefficient (Wildman–Crippen LogP) is 4.15. The molecule has 1 aliphatic rings. The molecule has 1 aromatic rings. The molecule has 2 nitrogen and oxygen atoms in total. The van der Waals surface area contributed by atoms with Gasteiger partial charge in [-0.05, 0) is 18.4 Å². The van der Waals surface area contributed by atoms with E-state index in [4.69, 9.17) is 0 Å². The molecule has 3 heteroatoms. The van der Waals surface area contributed by atoms with Gasteiger partial charge in [0, 0.05) is 11.8 Å². The van der Waals surface area contributed by atoms with Gasteiger partial charge in [0.2, 0.25) is 5.91 Å². The summed E-state index contributed by atoms with van der Waals surface area (Å²) in [4.78, 5) is 12.0. The standard InChI is InChI=1S/C17H25NOS/c19-17(14-20-13-15-9-5-4-6-10-15)18-16-11-7-2-1-3-8-12-16/h4-6,9-10,16H,1-3,7-8,11-14H2,(H,18,19).